The Labute approximate surface area is 238 Å². The summed E-state index contributed by atoms with van der Waals surface area (Å²) in [6.45, 7) is 7.51. The average molecular weight is 583 g/mol. The van der Waals surface area contributed by atoms with Gasteiger partial charge in [-0.05, 0) is 80.0 Å². The predicted octanol–water partition coefficient (Wildman–Crippen LogP) is 6.08. The number of amides is 1. The number of halogens is 1. The maximum Gasteiger partial charge on any atom is 0.264 e. The Bertz CT molecular complexity index is 1580. The van der Waals surface area contributed by atoms with Crippen molar-refractivity contribution in [3.05, 3.63) is 82.9 Å². The number of carbonyl (C=O) groups excluding carboxylic acids is 1. The lowest BCUT2D eigenvalue weighted by atomic mass is 10.0. The SMILES string of the molecule is CCN(CC)CCN(C(=O)c1ccc(S(=O)(=O)N2CCCc3ccccc32)cc1)c1nc2ccc(Cl)cc2s1. The third-order valence-corrected chi connectivity index (χ3v) is 10.2. The number of likely N-dealkylation sites (N-methyl/N-ethyl adjacent to an activating group) is 1. The highest BCUT2D eigenvalue weighted by Gasteiger charge is 2.29. The molecular weight excluding hydrogens is 552 g/mol. The van der Waals surface area contributed by atoms with Gasteiger partial charge in [0.15, 0.2) is 5.13 Å². The molecule has 7 nitrogen and oxygen atoms in total. The molecule has 0 aliphatic carbocycles. The Morgan fingerprint density at radius 1 is 1.03 bits per heavy atom. The van der Waals surface area contributed by atoms with Crippen molar-refractivity contribution in [3.63, 3.8) is 0 Å². The van der Waals surface area contributed by atoms with Gasteiger partial charge in [0.25, 0.3) is 15.9 Å². The number of aromatic nitrogens is 1. The maximum atomic E-state index is 13.8. The number of aryl methyl sites for hydroxylation is 1. The Morgan fingerprint density at radius 2 is 1.77 bits per heavy atom. The van der Waals surface area contributed by atoms with E-state index in [1.807, 2.05) is 36.4 Å². The molecular formula is C29H31ClN4O3S2. The standard InChI is InChI=1S/C29H31ClN4O3S2/c1-3-32(4-2)18-19-33(29-31-25-16-13-23(30)20-27(25)38-29)28(35)22-11-14-24(15-12-22)39(36,37)34-17-7-9-21-8-5-6-10-26(21)34/h5-6,8,10-16,20H,3-4,7,9,17-19H2,1-2H3. The van der Waals surface area contributed by atoms with Crippen molar-refractivity contribution in [3.8, 4) is 0 Å². The molecule has 1 aliphatic rings. The van der Waals surface area contributed by atoms with Gasteiger partial charge in [-0.25, -0.2) is 13.4 Å². The molecule has 10 heteroatoms. The van der Waals surface area contributed by atoms with Gasteiger partial charge in [-0.1, -0.05) is 55.0 Å². The Hall–Kier alpha value is -2.98. The third kappa shape index (κ3) is 5.68. The Balaban J connectivity index is 1.44. The van der Waals surface area contributed by atoms with E-state index in [4.69, 9.17) is 16.6 Å². The van der Waals surface area contributed by atoms with Crippen LogP contribution in [0.4, 0.5) is 10.8 Å². The predicted molar refractivity (Wildman–Crippen MR) is 160 cm³/mol. The molecule has 1 aromatic heterocycles. The van der Waals surface area contributed by atoms with Gasteiger partial charge in [-0.15, -0.1) is 0 Å². The number of thiazole rings is 1. The Morgan fingerprint density at radius 3 is 2.51 bits per heavy atom. The lowest BCUT2D eigenvalue weighted by molar-refractivity contribution is 0.0983. The van der Waals surface area contributed by atoms with E-state index < -0.39 is 10.0 Å². The van der Waals surface area contributed by atoms with Crippen LogP contribution in [0.3, 0.4) is 0 Å². The van der Waals surface area contributed by atoms with Crippen LogP contribution in [0.5, 0.6) is 0 Å². The van der Waals surface area contributed by atoms with Crippen LogP contribution in [0.2, 0.25) is 5.02 Å². The molecule has 1 amide bonds. The van der Waals surface area contributed by atoms with E-state index in [-0.39, 0.29) is 10.8 Å². The summed E-state index contributed by atoms with van der Waals surface area (Å²) >= 11 is 7.60. The highest BCUT2D eigenvalue weighted by molar-refractivity contribution is 7.92. The van der Waals surface area contributed by atoms with Gasteiger partial charge >= 0.3 is 0 Å². The first-order valence-corrected chi connectivity index (χ1v) is 15.8. The molecule has 0 bridgehead atoms. The summed E-state index contributed by atoms with van der Waals surface area (Å²) in [6.07, 6.45) is 1.62. The summed E-state index contributed by atoms with van der Waals surface area (Å²) in [5, 5.41) is 1.21. The molecule has 2 heterocycles. The summed E-state index contributed by atoms with van der Waals surface area (Å²) in [6, 6.07) is 19.4. The number of hydrogen-bond donors (Lipinski definition) is 0. The van der Waals surface area contributed by atoms with Crippen LogP contribution < -0.4 is 9.21 Å². The fourth-order valence-corrected chi connectivity index (χ4v) is 7.68. The summed E-state index contributed by atoms with van der Waals surface area (Å²) < 4.78 is 29.5. The molecule has 39 heavy (non-hydrogen) atoms. The largest absolute Gasteiger partial charge is 0.302 e. The van der Waals surface area contributed by atoms with Gasteiger partial charge in [0.2, 0.25) is 0 Å². The summed E-state index contributed by atoms with van der Waals surface area (Å²) in [5.41, 5.74) is 2.94. The van der Waals surface area contributed by atoms with Gasteiger partial charge in [-0.2, -0.15) is 0 Å². The second-order valence-corrected chi connectivity index (χ2v) is 12.7. The van der Waals surface area contributed by atoms with E-state index >= 15 is 0 Å². The van der Waals surface area contributed by atoms with Crippen LogP contribution in [0.1, 0.15) is 36.2 Å². The average Bonchev–Trinajstić information content (AvgIpc) is 3.37. The lowest BCUT2D eigenvalue weighted by Gasteiger charge is -2.30. The smallest absolute Gasteiger partial charge is 0.264 e. The summed E-state index contributed by atoms with van der Waals surface area (Å²) in [5.74, 6) is -0.223. The first-order chi connectivity index (χ1) is 18.8. The first kappa shape index (κ1) is 27.6. The summed E-state index contributed by atoms with van der Waals surface area (Å²) in [7, 11) is -3.76. The Kier molecular flexibility index (Phi) is 8.23. The van der Waals surface area contributed by atoms with Gasteiger partial charge in [-0.3, -0.25) is 14.0 Å². The fourth-order valence-electron chi connectivity index (χ4n) is 4.87. The number of para-hydroxylation sites is 1. The number of sulfonamides is 1. The molecule has 204 valence electrons. The third-order valence-electron chi connectivity index (χ3n) is 7.11. The minimum Gasteiger partial charge on any atom is -0.302 e. The normalized spacial score (nSPS) is 13.6. The number of hydrogen-bond acceptors (Lipinski definition) is 6. The van der Waals surface area contributed by atoms with E-state index in [0.717, 1.165) is 47.4 Å². The van der Waals surface area contributed by atoms with Gasteiger partial charge < -0.3 is 4.90 Å². The van der Waals surface area contributed by atoms with E-state index in [1.165, 1.54) is 27.8 Å². The second kappa shape index (κ2) is 11.6. The van der Waals surface area contributed by atoms with Crippen LogP contribution in [-0.4, -0.2) is 56.9 Å². The highest BCUT2D eigenvalue weighted by Crippen LogP contribution is 2.33. The van der Waals surface area contributed by atoms with Crippen molar-refractivity contribution in [1.29, 1.82) is 0 Å². The number of nitrogens with zero attached hydrogens (tertiary/aromatic N) is 4. The van der Waals surface area contributed by atoms with Gasteiger partial charge in [0.1, 0.15) is 0 Å². The van der Waals surface area contributed by atoms with E-state index in [1.54, 1.807) is 23.1 Å². The van der Waals surface area contributed by atoms with E-state index in [9.17, 15) is 13.2 Å². The number of carbonyl (C=O) groups is 1. The zero-order valence-corrected chi connectivity index (χ0v) is 24.4. The zero-order valence-electron chi connectivity index (χ0n) is 22.0. The van der Waals surface area contributed by atoms with Gasteiger partial charge in [0.05, 0.1) is 20.8 Å². The highest BCUT2D eigenvalue weighted by atomic mass is 35.5. The van der Waals surface area contributed by atoms with Crippen molar-refractivity contribution >= 4 is 59.9 Å². The molecule has 4 aromatic rings. The molecule has 0 spiro atoms. The molecule has 1 aliphatic heterocycles. The first-order valence-electron chi connectivity index (χ1n) is 13.1. The molecule has 5 rings (SSSR count). The molecule has 0 saturated heterocycles. The molecule has 0 N–H and O–H groups in total. The number of anilines is 2. The number of rotatable bonds is 9. The van der Waals surface area contributed by atoms with Crippen molar-refractivity contribution in [2.24, 2.45) is 0 Å². The number of fused-ring (bicyclic) bond motifs is 2. The molecule has 0 fully saturated rings. The minimum atomic E-state index is -3.76. The number of benzene rings is 3. The van der Waals surface area contributed by atoms with Crippen LogP contribution in [0, 0.1) is 0 Å². The minimum absolute atomic E-state index is 0.167. The van der Waals surface area contributed by atoms with E-state index in [2.05, 4.69) is 18.7 Å². The van der Waals surface area contributed by atoms with Crippen LogP contribution in [0.25, 0.3) is 10.2 Å². The van der Waals surface area contributed by atoms with E-state index in [0.29, 0.717) is 35.4 Å². The van der Waals surface area contributed by atoms with Crippen LogP contribution in [0.15, 0.2) is 71.6 Å². The zero-order chi connectivity index (χ0) is 27.6. The second-order valence-electron chi connectivity index (χ2n) is 9.43. The van der Waals surface area contributed by atoms with Crippen molar-refractivity contribution < 1.29 is 13.2 Å². The van der Waals surface area contributed by atoms with Crippen molar-refractivity contribution in [1.82, 2.24) is 9.88 Å². The van der Waals surface area contributed by atoms with Crippen LogP contribution in [-0.2, 0) is 16.4 Å². The maximum absolute atomic E-state index is 13.8. The topological polar surface area (TPSA) is 73.8 Å². The van der Waals surface area contributed by atoms with Gasteiger partial charge in [0, 0.05) is 30.2 Å². The van der Waals surface area contributed by atoms with Crippen LogP contribution >= 0.6 is 22.9 Å². The summed E-state index contributed by atoms with van der Waals surface area (Å²) in [4.78, 5) is 22.6. The lowest BCUT2D eigenvalue weighted by Crippen LogP contribution is -2.39. The molecule has 0 radical (unpaired) electrons. The quantitative estimate of drug-likeness (QED) is 0.239. The monoisotopic (exact) mass is 582 g/mol. The molecule has 3 aromatic carbocycles. The van der Waals surface area contributed by atoms with Crippen molar-refractivity contribution in [2.45, 2.75) is 31.6 Å². The molecule has 0 atom stereocenters. The fraction of sp³-hybridized carbons (Fsp3) is 0.310. The van der Waals surface area contributed by atoms with Crippen molar-refractivity contribution in [2.75, 3.05) is 41.9 Å². The molecule has 0 saturated carbocycles. The molecule has 0 unspecified atom stereocenters.